The predicted octanol–water partition coefficient (Wildman–Crippen LogP) is 1.62. The Morgan fingerprint density at radius 2 is 2.20 bits per heavy atom. The highest BCUT2D eigenvalue weighted by Crippen LogP contribution is 2.37. The first-order chi connectivity index (χ1) is 9.20. The SMILES string of the molecule is COC1CC(NS(=O)(=O)c2cc(Cl)sc2C)(C(=O)O)C1. The summed E-state index contributed by atoms with van der Waals surface area (Å²) in [6.45, 7) is 1.62. The number of methoxy groups -OCH3 is 1. The molecule has 0 spiro atoms. The van der Waals surface area contributed by atoms with E-state index in [1.165, 1.54) is 13.2 Å². The van der Waals surface area contributed by atoms with E-state index in [9.17, 15) is 18.3 Å². The van der Waals surface area contributed by atoms with Crippen LogP contribution in [0.2, 0.25) is 4.34 Å². The predicted molar refractivity (Wildman–Crippen MR) is 74.8 cm³/mol. The van der Waals surface area contributed by atoms with Gasteiger partial charge in [0.15, 0.2) is 0 Å². The maximum absolute atomic E-state index is 12.3. The topological polar surface area (TPSA) is 92.7 Å². The number of halogens is 1. The molecule has 0 bridgehead atoms. The van der Waals surface area contributed by atoms with Gasteiger partial charge in [-0.25, -0.2) is 8.42 Å². The second kappa shape index (κ2) is 5.27. The molecule has 1 fully saturated rings. The van der Waals surface area contributed by atoms with Gasteiger partial charge in [-0.3, -0.25) is 4.79 Å². The summed E-state index contributed by atoms with van der Waals surface area (Å²) in [5.41, 5.74) is -1.50. The lowest BCUT2D eigenvalue weighted by Gasteiger charge is -2.43. The fourth-order valence-electron chi connectivity index (χ4n) is 2.20. The monoisotopic (exact) mass is 339 g/mol. The first kappa shape index (κ1) is 15.7. The average Bonchev–Trinajstić information content (AvgIpc) is 2.62. The van der Waals surface area contributed by atoms with Crippen molar-refractivity contribution < 1.29 is 23.1 Å². The highest BCUT2D eigenvalue weighted by Gasteiger charge is 2.53. The van der Waals surface area contributed by atoms with Gasteiger partial charge < -0.3 is 9.84 Å². The van der Waals surface area contributed by atoms with Crippen LogP contribution in [0.5, 0.6) is 0 Å². The molecule has 9 heteroatoms. The summed E-state index contributed by atoms with van der Waals surface area (Å²) in [7, 11) is -2.46. The number of carbonyl (C=O) groups is 1. The van der Waals surface area contributed by atoms with Crippen LogP contribution in [0.4, 0.5) is 0 Å². The minimum Gasteiger partial charge on any atom is -0.480 e. The molecule has 0 saturated heterocycles. The second-order valence-electron chi connectivity index (χ2n) is 4.73. The summed E-state index contributed by atoms with van der Waals surface area (Å²) in [6, 6.07) is 1.33. The van der Waals surface area contributed by atoms with E-state index in [4.69, 9.17) is 16.3 Å². The van der Waals surface area contributed by atoms with Gasteiger partial charge in [-0.1, -0.05) is 11.6 Å². The molecule has 1 aliphatic carbocycles. The minimum absolute atomic E-state index is 0.0222. The van der Waals surface area contributed by atoms with Crippen molar-refractivity contribution in [3.8, 4) is 0 Å². The number of rotatable bonds is 5. The molecule has 2 N–H and O–H groups in total. The quantitative estimate of drug-likeness (QED) is 0.850. The van der Waals surface area contributed by atoms with Crippen LogP contribution in [0.15, 0.2) is 11.0 Å². The molecule has 20 heavy (non-hydrogen) atoms. The van der Waals surface area contributed by atoms with Crippen LogP contribution >= 0.6 is 22.9 Å². The zero-order valence-corrected chi connectivity index (χ0v) is 13.2. The molecule has 0 amide bonds. The average molecular weight is 340 g/mol. The number of hydrogen-bond donors (Lipinski definition) is 2. The number of sulfonamides is 1. The molecule has 0 radical (unpaired) electrons. The normalized spacial score (nSPS) is 26.2. The molecule has 1 aromatic rings. The van der Waals surface area contributed by atoms with E-state index < -0.39 is 21.5 Å². The molecule has 1 aliphatic rings. The number of aliphatic carboxylic acids is 1. The Morgan fingerprint density at radius 3 is 2.60 bits per heavy atom. The first-order valence-corrected chi connectivity index (χ1v) is 8.44. The second-order valence-corrected chi connectivity index (χ2v) is 8.27. The third-order valence-corrected chi connectivity index (χ3v) is 6.33. The van der Waals surface area contributed by atoms with Crippen LogP contribution < -0.4 is 4.72 Å². The van der Waals surface area contributed by atoms with Gasteiger partial charge >= 0.3 is 5.97 Å². The van der Waals surface area contributed by atoms with E-state index in [1.807, 2.05) is 0 Å². The Bertz CT molecular complexity index is 633. The maximum atomic E-state index is 12.3. The van der Waals surface area contributed by atoms with Crippen molar-refractivity contribution in [2.24, 2.45) is 0 Å². The lowest BCUT2D eigenvalue weighted by atomic mass is 9.75. The molecule has 1 heterocycles. The number of nitrogens with one attached hydrogen (secondary N) is 1. The number of carboxylic acid groups (broad SMARTS) is 1. The Kier molecular flexibility index (Phi) is 4.14. The van der Waals surface area contributed by atoms with Crippen molar-refractivity contribution in [3.05, 3.63) is 15.3 Å². The van der Waals surface area contributed by atoms with Gasteiger partial charge in [0.25, 0.3) is 0 Å². The van der Waals surface area contributed by atoms with Crippen LogP contribution in [-0.4, -0.2) is 38.2 Å². The van der Waals surface area contributed by atoms with E-state index in [1.54, 1.807) is 6.92 Å². The molecule has 2 rings (SSSR count). The van der Waals surface area contributed by atoms with E-state index in [0.29, 0.717) is 9.21 Å². The highest BCUT2D eigenvalue weighted by molar-refractivity contribution is 7.89. The van der Waals surface area contributed by atoms with Gasteiger partial charge in [0.05, 0.1) is 15.3 Å². The molecule has 0 atom stereocenters. The van der Waals surface area contributed by atoms with Gasteiger partial charge in [-0.15, -0.1) is 11.3 Å². The van der Waals surface area contributed by atoms with Crippen molar-refractivity contribution in [1.29, 1.82) is 0 Å². The molecule has 112 valence electrons. The Hall–Kier alpha value is -0.670. The molecule has 1 saturated carbocycles. The van der Waals surface area contributed by atoms with Crippen molar-refractivity contribution in [2.45, 2.75) is 36.3 Å². The minimum atomic E-state index is -3.93. The van der Waals surface area contributed by atoms with Gasteiger partial charge in [0.2, 0.25) is 10.0 Å². The zero-order chi connectivity index (χ0) is 15.1. The van der Waals surface area contributed by atoms with Crippen molar-refractivity contribution in [1.82, 2.24) is 4.72 Å². The lowest BCUT2D eigenvalue weighted by Crippen LogP contribution is -2.64. The Morgan fingerprint density at radius 1 is 1.60 bits per heavy atom. The summed E-state index contributed by atoms with van der Waals surface area (Å²) in [5, 5.41) is 9.28. The summed E-state index contributed by atoms with van der Waals surface area (Å²) < 4.78 is 32.3. The lowest BCUT2D eigenvalue weighted by molar-refractivity contribution is -0.154. The van der Waals surface area contributed by atoms with Gasteiger partial charge in [0, 0.05) is 24.8 Å². The summed E-state index contributed by atoms with van der Waals surface area (Å²) in [4.78, 5) is 11.9. The fraction of sp³-hybridized carbons (Fsp3) is 0.545. The maximum Gasteiger partial charge on any atom is 0.325 e. The third-order valence-electron chi connectivity index (χ3n) is 3.36. The van der Waals surface area contributed by atoms with Gasteiger partial charge in [0.1, 0.15) is 5.54 Å². The molecular formula is C11H14ClNO5S2. The number of ether oxygens (including phenoxy) is 1. The van der Waals surface area contributed by atoms with E-state index in [2.05, 4.69) is 4.72 Å². The van der Waals surface area contributed by atoms with Crippen molar-refractivity contribution in [3.63, 3.8) is 0 Å². The molecule has 0 unspecified atom stereocenters. The van der Waals surface area contributed by atoms with Gasteiger partial charge in [-0.2, -0.15) is 4.72 Å². The largest absolute Gasteiger partial charge is 0.480 e. The van der Waals surface area contributed by atoms with Crippen LogP contribution in [0.3, 0.4) is 0 Å². The molecule has 0 aliphatic heterocycles. The molecule has 6 nitrogen and oxygen atoms in total. The number of aryl methyl sites for hydroxylation is 1. The standard InChI is InChI=1S/C11H14ClNO5S2/c1-6-8(3-9(12)19-6)20(16,17)13-11(10(14)15)4-7(5-11)18-2/h3,7,13H,4-5H2,1-2H3,(H,14,15). The number of thiophene rings is 1. The third kappa shape index (κ3) is 2.71. The molecular weight excluding hydrogens is 326 g/mol. The number of carboxylic acids is 1. The van der Waals surface area contributed by atoms with Crippen LogP contribution in [0, 0.1) is 6.92 Å². The zero-order valence-electron chi connectivity index (χ0n) is 10.8. The fourth-order valence-corrected chi connectivity index (χ4v) is 5.40. The summed E-state index contributed by atoms with van der Waals surface area (Å²) in [5.74, 6) is -1.20. The van der Waals surface area contributed by atoms with Gasteiger partial charge in [-0.05, 0) is 13.0 Å². The van der Waals surface area contributed by atoms with E-state index >= 15 is 0 Å². The number of hydrogen-bond acceptors (Lipinski definition) is 5. The summed E-state index contributed by atoms with van der Waals surface area (Å²) >= 11 is 6.92. The van der Waals surface area contributed by atoms with E-state index in [-0.39, 0.29) is 23.8 Å². The summed E-state index contributed by atoms with van der Waals surface area (Å²) in [6.07, 6.45) is -0.0368. The smallest absolute Gasteiger partial charge is 0.325 e. The van der Waals surface area contributed by atoms with Crippen molar-refractivity contribution in [2.75, 3.05) is 7.11 Å². The molecule has 1 aromatic heterocycles. The van der Waals surface area contributed by atoms with Crippen LogP contribution in [0.1, 0.15) is 17.7 Å². The first-order valence-electron chi connectivity index (χ1n) is 5.76. The Balaban J connectivity index is 2.28. The van der Waals surface area contributed by atoms with Crippen molar-refractivity contribution >= 4 is 38.9 Å². The van der Waals surface area contributed by atoms with Crippen LogP contribution in [0.25, 0.3) is 0 Å². The Labute approximate surface area is 125 Å². The highest BCUT2D eigenvalue weighted by atomic mass is 35.5. The molecule has 0 aromatic carbocycles. The van der Waals surface area contributed by atoms with E-state index in [0.717, 1.165) is 11.3 Å². The van der Waals surface area contributed by atoms with Crippen LogP contribution in [-0.2, 0) is 19.6 Å².